The summed E-state index contributed by atoms with van der Waals surface area (Å²) in [6.45, 7) is 10.6. The van der Waals surface area contributed by atoms with Crippen molar-refractivity contribution in [2.45, 2.75) is 165 Å². The van der Waals surface area contributed by atoms with Crippen LogP contribution in [0.15, 0.2) is 36.1 Å². The van der Waals surface area contributed by atoms with E-state index in [9.17, 15) is 29.4 Å². The molecule has 0 saturated carbocycles. The van der Waals surface area contributed by atoms with Crippen molar-refractivity contribution in [1.29, 1.82) is 0 Å². The van der Waals surface area contributed by atoms with E-state index in [-0.39, 0.29) is 60.8 Å². The van der Waals surface area contributed by atoms with Crippen LogP contribution < -0.4 is 5.32 Å². The van der Waals surface area contributed by atoms with E-state index >= 15 is 0 Å². The second-order valence-electron chi connectivity index (χ2n) is 15.3. The maximum atomic E-state index is 13.5. The number of hydrogen-bond acceptors (Lipinski definition) is 11. The van der Waals surface area contributed by atoms with Crippen LogP contribution in [-0.4, -0.2) is 93.4 Å². The van der Waals surface area contributed by atoms with Gasteiger partial charge in [0.15, 0.2) is 17.7 Å². The number of fused-ring (bicyclic) bond motifs is 2. The Morgan fingerprint density at radius 2 is 1.78 bits per heavy atom. The van der Waals surface area contributed by atoms with Crippen molar-refractivity contribution in [1.82, 2.24) is 5.32 Å². The monoisotopic (exact) mass is 701 g/mol. The van der Waals surface area contributed by atoms with Crippen LogP contribution >= 0.6 is 0 Å². The van der Waals surface area contributed by atoms with Gasteiger partial charge in [-0.2, -0.15) is 0 Å². The number of amides is 1. The summed E-state index contributed by atoms with van der Waals surface area (Å²) in [7, 11) is 0. The molecular weight excluding hydrogens is 646 g/mol. The van der Waals surface area contributed by atoms with E-state index in [1.807, 2.05) is 13.8 Å². The van der Waals surface area contributed by atoms with Crippen LogP contribution in [0.5, 0.6) is 0 Å². The third-order valence-electron chi connectivity index (χ3n) is 11.3. The molecule has 12 atom stereocenters. The average Bonchev–Trinajstić information content (AvgIpc) is 3.79. The average molecular weight is 702 g/mol. The van der Waals surface area contributed by atoms with Crippen molar-refractivity contribution in [3.63, 3.8) is 0 Å². The maximum absolute atomic E-state index is 13.5. The molecule has 0 unspecified atom stereocenters. The highest BCUT2D eigenvalue weighted by Gasteiger charge is 2.61. The highest BCUT2D eigenvalue weighted by molar-refractivity contribution is 5.92. The molecule has 7 heterocycles. The Labute approximate surface area is 294 Å². The summed E-state index contributed by atoms with van der Waals surface area (Å²) in [5.74, 6) is -2.95. The fourth-order valence-corrected chi connectivity index (χ4v) is 7.79. The SMILES string of the molecule is CCCC(=O)N/C=C\C=C\C[C@@H]1OC(=O)/C=C(\C)[C@@](C)(O)[C@H](O)[C@@H]2O[C@@H]2[C@@H]2CC[C@H]3O[C@@]4(CC[C@]3(C)O2)O[C@@H](CC(=O)[C@H](C)CC1=O)C[C@@H]4C. The molecule has 7 aliphatic rings. The molecule has 1 amide bonds. The molecule has 50 heavy (non-hydrogen) atoms. The van der Waals surface area contributed by atoms with Gasteiger partial charge in [-0.25, -0.2) is 4.79 Å². The van der Waals surface area contributed by atoms with Gasteiger partial charge in [0.25, 0.3) is 0 Å². The number of epoxide rings is 1. The molecule has 4 saturated heterocycles. The molecule has 278 valence electrons. The number of aliphatic hydroxyl groups is 2. The molecule has 7 rings (SSSR count). The summed E-state index contributed by atoms with van der Waals surface area (Å²) in [4.78, 5) is 51.8. The van der Waals surface area contributed by atoms with Crippen LogP contribution in [0.4, 0.5) is 0 Å². The first-order chi connectivity index (χ1) is 23.6. The summed E-state index contributed by atoms with van der Waals surface area (Å²) in [6.07, 6.45) is 7.22. The molecule has 0 radical (unpaired) electrons. The fraction of sp³-hybridized carbons (Fsp3) is 0.737. The van der Waals surface area contributed by atoms with Crippen LogP contribution in [0, 0.1) is 11.8 Å². The quantitative estimate of drug-likeness (QED) is 0.209. The largest absolute Gasteiger partial charge is 0.451 e. The number of carbonyl (C=O) groups excluding carboxylic acids is 4. The number of nitrogens with one attached hydrogen (secondary N) is 1. The summed E-state index contributed by atoms with van der Waals surface area (Å²) < 4.78 is 31.4. The van der Waals surface area contributed by atoms with Crippen molar-refractivity contribution in [3.8, 4) is 0 Å². The topological polar surface area (TPSA) is 170 Å². The minimum Gasteiger partial charge on any atom is -0.451 e. The Kier molecular flexibility index (Phi) is 11.9. The lowest BCUT2D eigenvalue weighted by molar-refractivity contribution is -0.344. The number of allylic oxidation sites excluding steroid dienone is 2. The molecule has 0 aromatic heterocycles. The fourth-order valence-electron chi connectivity index (χ4n) is 7.79. The molecular formula is C38H55NO11. The second-order valence-corrected chi connectivity index (χ2v) is 15.3. The minimum absolute atomic E-state index is 0.0206. The zero-order valence-corrected chi connectivity index (χ0v) is 30.2. The van der Waals surface area contributed by atoms with Gasteiger partial charge in [0.1, 0.15) is 29.7 Å². The summed E-state index contributed by atoms with van der Waals surface area (Å²) in [5, 5.41) is 25.3. The highest BCUT2D eigenvalue weighted by atomic mass is 16.7. The Bertz CT molecular complexity index is 1390. The molecule has 5 bridgehead atoms. The van der Waals surface area contributed by atoms with Crippen LogP contribution in [0.3, 0.4) is 0 Å². The van der Waals surface area contributed by atoms with Crippen molar-refractivity contribution in [2.75, 3.05) is 0 Å². The van der Waals surface area contributed by atoms with Crippen molar-refractivity contribution in [2.24, 2.45) is 11.8 Å². The molecule has 0 aromatic carbocycles. The number of esters is 1. The van der Waals surface area contributed by atoms with Gasteiger partial charge < -0.3 is 39.2 Å². The zero-order valence-electron chi connectivity index (χ0n) is 30.2. The number of ketones is 2. The Hall–Kier alpha value is -2.74. The first-order valence-electron chi connectivity index (χ1n) is 18.2. The van der Waals surface area contributed by atoms with Crippen molar-refractivity contribution >= 4 is 23.4 Å². The van der Waals surface area contributed by atoms with E-state index < -0.39 is 59.1 Å². The van der Waals surface area contributed by atoms with Gasteiger partial charge in [0.05, 0.1) is 23.9 Å². The molecule has 12 heteroatoms. The predicted octanol–water partition coefficient (Wildman–Crippen LogP) is 3.91. The van der Waals surface area contributed by atoms with Gasteiger partial charge in [-0.1, -0.05) is 32.9 Å². The first kappa shape index (κ1) is 38.5. The Morgan fingerprint density at radius 3 is 2.52 bits per heavy atom. The number of rotatable bonds is 6. The van der Waals surface area contributed by atoms with E-state index in [0.29, 0.717) is 38.5 Å². The summed E-state index contributed by atoms with van der Waals surface area (Å²) in [6, 6.07) is 0. The standard InChI is InChI=1S/C38H55NO11/c1-7-11-31(42)39-17-10-8-9-12-28-27(41)18-22(2)26(40)21-25-19-24(4)38(48-25)16-15-36(5)30(50-38)14-13-29(49-36)33-34(47-33)35(44)37(6,45)23(3)20-32(43)46-28/h8-10,17,20,22,24-25,28-30,33-35,44-45H,7,11-16,18-19,21H2,1-6H3,(H,39,42)/b9-8+,17-10-,23-20+/t22-,24+,25-,28+,29+,30-,33-,34-,35-,36+,37-,38-/m1/s1. The van der Waals surface area contributed by atoms with Crippen molar-refractivity contribution in [3.05, 3.63) is 36.1 Å². The minimum atomic E-state index is -1.85. The first-order valence-corrected chi connectivity index (χ1v) is 18.2. The number of ether oxygens (including phenoxy) is 5. The predicted molar refractivity (Wildman–Crippen MR) is 181 cm³/mol. The van der Waals surface area contributed by atoms with Gasteiger partial charge in [0.2, 0.25) is 5.91 Å². The van der Waals surface area contributed by atoms with Gasteiger partial charge in [0, 0.05) is 56.2 Å². The molecule has 12 nitrogen and oxygen atoms in total. The third-order valence-corrected chi connectivity index (χ3v) is 11.3. The molecule has 0 aromatic rings. The van der Waals surface area contributed by atoms with E-state index in [1.54, 1.807) is 25.2 Å². The van der Waals surface area contributed by atoms with Crippen LogP contribution in [-0.2, 0) is 42.9 Å². The maximum Gasteiger partial charge on any atom is 0.331 e. The normalized spacial score (nSPS) is 44.0. The Balaban J connectivity index is 1.36. The van der Waals surface area contributed by atoms with Gasteiger partial charge >= 0.3 is 5.97 Å². The van der Waals surface area contributed by atoms with Gasteiger partial charge in [-0.3, -0.25) is 14.4 Å². The highest BCUT2D eigenvalue weighted by Crippen LogP contribution is 2.52. The van der Waals surface area contributed by atoms with Gasteiger partial charge in [-0.15, -0.1) is 0 Å². The third kappa shape index (κ3) is 8.48. The smallest absolute Gasteiger partial charge is 0.331 e. The van der Waals surface area contributed by atoms with Crippen LogP contribution in [0.1, 0.15) is 106 Å². The van der Waals surface area contributed by atoms with Crippen LogP contribution in [0.25, 0.3) is 0 Å². The molecule has 7 aliphatic heterocycles. The molecule has 4 fully saturated rings. The number of Topliss-reactive ketones (excluding diaryl/α,β-unsaturated/α-hetero) is 2. The number of aliphatic hydroxyl groups excluding tert-OH is 1. The number of hydrogen-bond donors (Lipinski definition) is 3. The summed E-state index contributed by atoms with van der Waals surface area (Å²) in [5.41, 5.74) is -2.31. The Morgan fingerprint density at radius 1 is 1.02 bits per heavy atom. The van der Waals surface area contributed by atoms with Crippen molar-refractivity contribution < 1.29 is 53.1 Å². The van der Waals surface area contributed by atoms with E-state index in [2.05, 4.69) is 12.2 Å². The molecule has 1 spiro atoms. The number of carbonyl (C=O) groups is 4. The lowest BCUT2D eigenvalue weighted by Crippen LogP contribution is -2.60. The molecule has 0 aliphatic carbocycles. The lowest BCUT2D eigenvalue weighted by atomic mass is 9.78. The van der Waals surface area contributed by atoms with E-state index in [1.165, 1.54) is 20.0 Å². The molecule has 3 N–H and O–H groups in total. The van der Waals surface area contributed by atoms with Crippen LogP contribution in [0.2, 0.25) is 0 Å². The van der Waals surface area contributed by atoms with E-state index in [0.717, 1.165) is 12.5 Å². The van der Waals surface area contributed by atoms with Gasteiger partial charge in [-0.05, 0) is 64.5 Å². The summed E-state index contributed by atoms with van der Waals surface area (Å²) >= 11 is 0. The zero-order chi connectivity index (χ0) is 36.4. The lowest BCUT2D eigenvalue weighted by Gasteiger charge is -2.53. The van der Waals surface area contributed by atoms with E-state index in [4.69, 9.17) is 23.7 Å². The second kappa shape index (κ2) is 15.5.